The molecular weight excluding hydrogens is 352 g/mol. The van der Waals surface area contributed by atoms with Gasteiger partial charge in [0.2, 0.25) is 0 Å². The second kappa shape index (κ2) is 8.04. The van der Waals surface area contributed by atoms with Crippen LogP contribution in [0.4, 0.5) is 0 Å². The summed E-state index contributed by atoms with van der Waals surface area (Å²) in [7, 11) is 0. The van der Waals surface area contributed by atoms with Gasteiger partial charge in [0.05, 0.1) is 22.9 Å². The van der Waals surface area contributed by atoms with Crippen molar-refractivity contribution in [3.8, 4) is 0 Å². The van der Waals surface area contributed by atoms with E-state index in [0.29, 0.717) is 24.1 Å². The number of rotatable bonds is 5. The molecule has 7 heteroatoms. The van der Waals surface area contributed by atoms with E-state index in [-0.39, 0.29) is 5.91 Å². The van der Waals surface area contributed by atoms with Crippen LogP contribution in [0.3, 0.4) is 0 Å². The molecule has 7 nitrogen and oxygen atoms in total. The number of fused-ring (bicyclic) bond motifs is 1. The van der Waals surface area contributed by atoms with Crippen molar-refractivity contribution in [1.82, 2.24) is 29.9 Å². The van der Waals surface area contributed by atoms with Crippen LogP contribution in [0.25, 0.3) is 11.0 Å². The van der Waals surface area contributed by atoms with E-state index in [1.165, 1.54) is 0 Å². The maximum absolute atomic E-state index is 13.0. The molecule has 2 aromatic heterocycles. The summed E-state index contributed by atoms with van der Waals surface area (Å²) in [5.41, 5.74) is 3.01. The maximum Gasteiger partial charge on any atom is 0.274 e. The van der Waals surface area contributed by atoms with Crippen molar-refractivity contribution in [2.45, 2.75) is 39.7 Å². The number of nitrogens with zero attached hydrogens (tertiary/aromatic N) is 6. The highest BCUT2D eigenvalue weighted by atomic mass is 16.2. The SMILES string of the molecule is CC(C)Cc1cn(CC2CCCN(C(=O)c3cnc4ccccc4n3)C2)nn1. The standard InChI is InChI=1S/C21H26N6O/c1-15(2)10-17-14-27(25-24-17)13-16-6-5-9-26(12-16)21(28)20-11-22-18-7-3-4-8-19(18)23-20/h3-4,7-8,11,14-16H,5-6,9-10,12-13H2,1-2H3. The zero-order chi connectivity index (χ0) is 19.5. The van der Waals surface area contributed by atoms with Crippen LogP contribution < -0.4 is 0 Å². The largest absolute Gasteiger partial charge is 0.337 e. The predicted octanol–water partition coefficient (Wildman–Crippen LogP) is 2.97. The van der Waals surface area contributed by atoms with E-state index >= 15 is 0 Å². The quantitative estimate of drug-likeness (QED) is 0.682. The molecule has 1 unspecified atom stereocenters. The number of carbonyl (C=O) groups is 1. The summed E-state index contributed by atoms with van der Waals surface area (Å²) in [5.74, 6) is 0.901. The van der Waals surface area contributed by atoms with Gasteiger partial charge in [-0.2, -0.15) is 0 Å². The molecule has 3 heterocycles. The fourth-order valence-electron chi connectivity index (χ4n) is 3.82. The molecule has 4 rings (SSSR count). The van der Waals surface area contributed by atoms with Crippen molar-refractivity contribution in [3.63, 3.8) is 0 Å². The van der Waals surface area contributed by atoms with Crippen LogP contribution in [0.2, 0.25) is 0 Å². The van der Waals surface area contributed by atoms with Gasteiger partial charge in [-0.1, -0.05) is 31.2 Å². The monoisotopic (exact) mass is 378 g/mol. The van der Waals surface area contributed by atoms with Gasteiger partial charge in [-0.05, 0) is 43.2 Å². The Balaban J connectivity index is 1.42. The van der Waals surface area contributed by atoms with E-state index in [9.17, 15) is 4.79 Å². The lowest BCUT2D eigenvalue weighted by molar-refractivity contribution is 0.0653. The summed E-state index contributed by atoms with van der Waals surface area (Å²) in [5, 5.41) is 8.53. The van der Waals surface area contributed by atoms with Crippen LogP contribution in [0.15, 0.2) is 36.7 Å². The normalized spacial score (nSPS) is 17.4. The second-order valence-electron chi connectivity index (χ2n) is 8.03. The van der Waals surface area contributed by atoms with Gasteiger partial charge in [0.15, 0.2) is 0 Å². The number of benzene rings is 1. The van der Waals surface area contributed by atoms with Crippen molar-refractivity contribution in [2.24, 2.45) is 11.8 Å². The van der Waals surface area contributed by atoms with Gasteiger partial charge >= 0.3 is 0 Å². The number of aromatic nitrogens is 5. The van der Waals surface area contributed by atoms with Gasteiger partial charge in [0.1, 0.15) is 5.69 Å². The molecule has 28 heavy (non-hydrogen) atoms. The summed E-state index contributed by atoms with van der Waals surface area (Å²) >= 11 is 0. The average Bonchev–Trinajstić information content (AvgIpc) is 3.13. The first-order chi connectivity index (χ1) is 13.6. The number of carbonyl (C=O) groups excluding carboxylic acids is 1. The highest BCUT2D eigenvalue weighted by Crippen LogP contribution is 2.20. The highest BCUT2D eigenvalue weighted by molar-refractivity contribution is 5.93. The Morgan fingerprint density at radius 1 is 1.25 bits per heavy atom. The number of hydrogen-bond acceptors (Lipinski definition) is 5. The zero-order valence-corrected chi connectivity index (χ0v) is 16.5. The molecule has 1 aliphatic rings. The first-order valence-corrected chi connectivity index (χ1v) is 9.98. The van der Waals surface area contributed by atoms with Gasteiger partial charge in [0, 0.05) is 25.8 Å². The molecule has 1 aromatic carbocycles. The minimum Gasteiger partial charge on any atom is -0.337 e. The molecule has 1 saturated heterocycles. The van der Waals surface area contributed by atoms with E-state index in [4.69, 9.17) is 0 Å². The second-order valence-corrected chi connectivity index (χ2v) is 8.03. The summed E-state index contributed by atoms with van der Waals surface area (Å²) in [4.78, 5) is 23.7. The molecule has 0 spiro atoms. The number of para-hydroxylation sites is 2. The lowest BCUT2D eigenvalue weighted by Crippen LogP contribution is -2.41. The summed E-state index contributed by atoms with van der Waals surface area (Å²) in [6.45, 7) is 6.63. The van der Waals surface area contributed by atoms with Crippen molar-refractivity contribution in [3.05, 3.63) is 48.0 Å². The van der Waals surface area contributed by atoms with Crippen molar-refractivity contribution in [1.29, 1.82) is 0 Å². The molecule has 1 fully saturated rings. The number of likely N-dealkylation sites (tertiary alicyclic amines) is 1. The van der Waals surface area contributed by atoms with E-state index in [1.54, 1.807) is 6.20 Å². The zero-order valence-electron chi connectivity index (χ0n) is 16.5. The van der Waals surface area contributed by atoms with E-state index in [2.05, 4.69) is 34.1 Å². The lowest BCUT2D eigenvalue weighted by Gasteiger charge is -2.32. The smallest absolute Gasteiger partial charge is 0.274 e. The van der Waals surface area contributed by atoms with Crippen LogP contribution in [0.5, 0.6) is 0 Å². The molecule has 146 valence electrons. The highest BCUT2D eigenvalue weighted by Gasteiger charge is 2.26. The number of piperidine rings is 1. The topological polar surface area (TPSA) is 76.8 Å². The first kappa shape index (κ1) is 18.5. The van der Waals surface area contributed by atoms with E-state index in [0.717, 1.165) is 49.1 Å². The van der Waals surface area contributed by atoms with Gasteiger partial charge in [-0.3, -0.25) is 14.5 Å². The van der Waals surface area contributed by atoms with E-state index < -0.39 is 0 Å². The summed E-state index contributed by atoms with van der Waals surface area (Å²) < 4.78 is 1.92. The minimum atomic E-state index is -0.0398. The molecule has 1 amide bonds. The Hall–Kier alpha value is -2.83. The third kappa shape index (κ3) is 4.18. The molecular formula is C21H26N6O. The number of hydrogen-bond donors (Lipinski definition) is 0. The fraction of sp³-hybridized carbons (Fsp3) is 0.476. The predicted molar refractivity (Wildman–Crippen MR) is 107 cm³/mol. The van der Waals surface area contributed by atoms with Crippen LogP contribution in [-0.2, 0) is 13.0 Å². The lowest BCUT2D eigenvalue weighted by atomic mass is 9.97. The van der Waals surface area contributed by atoms with E-state index in [1.807, 2.05) is 40.0 Å². The third-order valence-electron chi connectivity index (χ3n) is 5.12. The molecule has 0 saturated carbocycles. The average molecular weight is 378 g/mol. The van der Waals surface area contributed by atoms with Gasteiger partial charge in [0.25, 0.3) is 5.91 Å². The minimum absolute atomic E-state index is 0.0398. The van der Waals surface area contributed by atoms with Crippen LogP contribution in [0, 0.1) is 11.8 Å². The van der Waals surface area contributed by atoms with Gasteiger partial charge in [-0.25, -0.2) is 4.98 Å². The van der Waals surface area contributed by atoms with Crippen molar-refractivity contribution >= 4 is 16.9 Å². The molecule has 1 atom stereocenters. The Labute approximate surface area is 164 Å². The molecule has 0 aliphatic carbocycles. The van der Waals surface area contributed by atoms with Gasteiger partial charge in [-0.15, -0.1) is 5.10 Å². The third-order valence-corrected chi connectivity index (χ3v) is 5.12. The van der Waals surface area contributed by atoms with Crippen molar-refractivity contribution < 1.29 is 4.79 Å². The van der Waals surface area contributed by atoms with Crippen LogP contribution in [-0.4, -0.2) is 48.9 Å². The summed E-state index contributed by atoms with van der Waals surface area (Å²) in [6, 6.07) is 7.62. The molecule has 0 N–H and O–H groups in total. The Kier molecular flexibility index (Phi) is 5.32. The molecule has 1 aliphatic heterocycles. The Morgan fingerprint density at radius 3 is 2.89 bits per heavy atom. The molecule has 0 bridgehead atoms. The maximum atomic E-state index is 13.0. The van der Waals surface area contributed by atoms with Crippen LogP contribution >= 0.6 is 0 Å². The molecule has 0 radical (unpaired) electrons. The van der Waals surface area contributed by atoms with Crippen LogP contribution in [0.1, 0.15) is 42.9 Å². The van der Waals surface area contributed by atoms with Gasteiger partial charge < -0.3 is 4.90 Å². The van der Waals surface area contributed by atoms with Crippen molar-refractivity contribution in [2.75, 3.05) is 13.1 Å². The molecule has 3 aromatic rings. The summed E-state index contributed by atoms with van der Waals surface area (Å²) in [6.07, 6.45) is 6.65. The first-order valence-electron chi connectivity index (χ1n) is 9.98. The fourth-order valence-corrected chi connectivity index (χ4v) is 3.82. The number of amides is 1. The Bertz CT molecular complexity index is 966. The Morgan fingerprint density at radius 2 is 2.07 bits per heavy atom.